The van der Waals surface area contributed by atoms with Crippen LogP contribution >= 0.6 is 35.0 Å². The second-order valence-corrected chi connectivity index (χ2v) is 6.79. The number of aromatic nitrogens is 2. The zero-order valence-corrected chi connectivity index (χ0v) is 14.6. The molecule has 0 aliphatic heterocycles. The van der Waals surface area contributed by atoms with Gasteiger partial charge >= 0.3 is 0 Å². The van der Waals surface area contributed by atoms with Crippen LogP contribution in [0.25, 0.3) is 11.0 Å². The third kappa shape index (κ3) is 3.84. The topological polar surface area (TPSA) is 115 Å². The molecule has 0 unspecified atom stereocenters. The van der Waals surface area contributed by atoms with E-state index in [4.69, 9.17) is 23.2 Å². The van der Waals surface area contributed by atoms with Gasteiger partial charge in [0.25, 0.3) is 11.4 Å². The number of non-ortho nitro benzene ring substituents is 2. The predicted octanol–water partition coefficient (Wildman–Crippen LogP) is 4.98. The molecule has 128 valence electrons. The highest BCUT2D eigenvalue weighted by Crippen LogP contribution is 2.31. The van der Waals surface area contributed by atoms with Gasteiger partial charge in [-0.2, -0.15) is 0 Å². The second kappa shape index (κ2) is 6.87. The molecule has 0 atom stereocenters. The third-order valence-electron chi connectivity index (χ3n) is 3.24. The molecule has 1 aromatic heterocycles. The summed E-state index contributed by atoms with van der Waals surface area (Å²) >= 11 is 13.3. The quantitative estimate of drug-likeness (QED) is 0.368. The number of nitrogens with one attached hydrogen (secondary N) is 1. The molecule has 11 heteroatoms. The van der Waals surface area contributed by atoms with Crippen molar-refractivity contribution in [3.8, 4) is 0 Å². The van der Waals surface area contributed by atoms with Crippen LogP contribution < -0.4 is 0 Å². The molecule has 0 spiro atoms. The Morgan fingerprint density at radius 3 is 2.28 bits per heavy atom. The fourth-order valence-electron chi connectivity index (χ4n) is 2.19. The molecule has 3 aromatic rings. The fraction of sp³-hybridized carbons (Fsp3) is 0.0714. The van der Waals surface area contributed by atoms with Crippen molar-refractivity contribution in [1.82, 2.24) is 9.97 Å². The first-order chi connectivity index (χ1) is 11.8. The van der Waals surface area contributed by atoms with E-state index in [0.29, 0.717) is 31.8 Å². The van der Waals surface area contributed by atoms with Gasteiger partial charge in [0.1, 0.15) is 5.52 Å². The number of hydrogen-bond acceptors (Lipinski definition) is 6. The summed E-state index contributed by atoms with van der Waals surface area (Å²) in [5.74, 6) is 0.258. The van der Waals surface area contributed by atoms with Gasteiger partial charge in [-0.3, -0.25) is 20.2 Å². The van der Waals surface area contributed by atoms with Gasteiger partial charge in [0.15, 0.2) is 5.16 Å². The van der Waals surface area contributed by atoms with Crippen LogP contribution in [0.2, 0.25) is 10.0 Å². The SMILES string of the molecule is O=[N+]([O-])c1cc(CSc2nc3c(Cl)cc(Cl)cc3[nH]2)cc([N+](=O)[O-])c1. The zero-order chi connectivity index (χ0) is 18.1. The number of aromatic amines is 1. The summed E-state index contributed by atoms with van der Waals surface area (Å²) in [4.78, 5) is 27.9. The minimum Gasteiger partial charge on any atom is -0.333 e. The Labute approximate surface area is 154 Å². The third-order valence-corrected chi connectivity index (χ3v) is 4.69. The van der Waals surface area contributed by atoms with Crippen LogP contribution in [-0.4, -0.2) is 19.8 Å². The molecule has 3 rings (SSSR count). The number of rotatable bonds is 5. The van der Waals surface area contributed by atoms with Gasteiger partial charge in [0.2, 0.25) is 0 Å². The Balaban J connectivity index is 1.87. The molecule has 2 aromatic carbocycles. The highest BCUT2D eigenvalue weighted by molar-refractivity contribution is 7.98. The lowest BCUT2D eigenvalue weighted by atomic mass is 10.2. The van der Waals surface area contributed by atoms with Crippen molar-refractivity contribution >= 4 is 57.4 Å². The van der Waals surface area contributed by atoms with Crippen molar-refractivity contribution in [2.45, 2.75) is 10.9 Å². The molecule has 0 aliphatic carbocycles. The van der Waals surface area contributed by atoms with Crippen molar-refractivity contribution in [1.29, 1.82) is 0 Å². The maximum Gasteiger partial charge on any atom is 0.276 e. The molecular formula is C14H8Cl2N4O4S. The largest absolute Gasteiger partial charge is 0.333 e. The van der Waals surface area contributed by atoms with Crippen molar-refractivity contribution in [2.75, 3.05) is 0 Å². The molecule has 8 nitrogen and oxygen atoms in total. The molecule has 0 saturated heterocycles. The van der Waals surface area contributed by atoms with E-state index in [2.05, 4.69) is 9.97 Å². The van der Waals surface area contributed by atoms with Crippen molar-refractivity contribution in [3.63, 3.8) is 0 Å². The maximum absolute atomic E-state index is 10.9. The molecule has 0 aliphatic rings. The van der Waals surface area contributed by atoms with Crippen molar-refractivity contribution in [2.24, 2.45) is 0 Å². The van der Waals surface area contributed by atoms with E-state index >= 15 is 0 Å². The monoisotopic (exact) mass is 398 g/mol. The van der Waals surface area contributed by atoms with Gasteiger partial charge in [-0.05, 0) is 17.7 Å². The van der Waals surface area contributed by atoms with E-state index in [9.17, 15) is 20.2 Å². The Hall–Kier alpha value is -2.36. The van der Waals surface area contributed by atoms with Crippen LogP contribution in [-0.2, 0) is 5.75 Å². The predicted molar refractivity (Wildman–Crippen MR) is 95.4 cm³/mol. The lowest BCUT2D eigenvalue weighted by Gasteiger charge is -2.00. The van der Waals surface area contributed by atoms with Crippen molar-refractivity contribution < 1.29 is 9.85 Å². The van der Waals surface area contributed by atoms with E-state index < -0.39 is 9.85 Å². The van der Waals surface area contributed by atoms with Crippen LogP contribution in [0, 0.1) is 20.2 Å². The maximum atomic E-state index is 10.9. The zero-order valence-electron chi connectivity index (χ0n) is 12.2. The number of hydrogen-bond donors (Lipinski definition) is 1. The Morgan fingerprint density at radius 1 is 1.04 bits per heavy atom. The van der Waals surface area contributed by atoms with Crippen LogP contribution in [0.5, 0.6) is 0 Å². The minimum absolute atomic E-state index is 0.258. The molecule has 1 heterocycles. The van der Waals surface area contributed by atoms with Crippen LogP contribution in [0.15, 0.2) is 35.5 Å². The first-order valence-corrected chi connectivity index (χ1v) is 8.48. The average molecular weight is 399 g/mol. The van der Waals surface area contributed by atoms with Gasteiger partial charge in [-0.15, -0.1) is 0 Å². The number of nitro benzene ring substituents is 2. The summed E-state index contributed by atoms with van der Waals surface area (Å²) in [5, 5.41) is 23.2. The van der Waals surface area contributed by atoms with Gasteiger partial charge in [-0.1, -0.05) is 35.0 Å². The second-order valence-electron chi connectivity index (χ2n) is 4.99. The number of nitro groups is 2. The lowest BCUT2D eigenvalue weighted by Crippen LogP contribution is -1.95. The summed E-state index contributed by atoms with van der Waals surface area (Å²) in [7, 11) is 0. The molecular weight excluding hydrogens is 391 g/mol. The molecule has 1 N–H and O–H groups in total. The number of nitrogens with zero attached hydrogens (tertiary/aromatic N) is 3. The van der Waals surface area contributed by atoms with E-state index in [1.54, 1.807) is 12.1 Å². The Kier molecular flexibility index (Phi) is 4.80. The van der Waals surface area contributed by atoms with Crippen LogP contribution in [0.4, 0.5) is 11.4 Å². The molecule has 0 fully saturated rings. The highest BCUT2D eigenvalue weighted by atomic mass is 35.5. The first-order valence-electron chi connectivity index (χ1n) is 6.74. The van der Waals surface area contributed by atoms with Gasteiger partial charge in [-0.25, -0.2) is 4.98 Å². The number of thioether (sulfide) groups is 1. The van der Waals surface area contributed by atoms with Gasteiger partial charge < -0.3 is 4.98 Å². The first kappa shape index (κ1) is 17.5. The van der Waals surface area contributed by atoms with Gasteiger partial charge in [0.05, 0.1) is 26.5 Å². The number of fused-ring (bicyclic) bond motifs is 1. The summed E-state index contributed by atoms with van der Waals surface area (Å²) in [6.45, 7) is 0. The normalized spacial score (nSPS) is 11.0. The number of imidazole rings is 1. The molecule has 25 heavy (non-hydrogen) atoms. The number of H-pyrrole nitrogens is 1. The number of halogens is 2. The number of benzene rings is 2. The Morgan fingerprint density at radius 2 is 1.68 bits per heavy atom. The summed E-state index contributed by atoms with van der Waals surface area (Å²) in [6, 6.07) is 6.78. The van der Waals surface area contributed by atoms with E-state index in [1.807, 2.05) is 0 Å². The summed E-state index contributed by atoms with van der Waals surface area (Å²) in [6.07, 6.45) is 0. The molecule has 0 radical (unpaired) electrons. The van der Waals surface area contributed by atoms with Crippen LogP contribution in [0.1, 0.15) is 5.56 Å². The fourth-order valence-corrected chi connectivity index (χ4v) is 3.53. The Bertz CT molecular complexity index is 976. The molecule has 0 bridgehead atoms. The summed E-state index contributed by atoms with van der Waals surface area (Å²) < 4.78 is 0. The van der Waals surface area contributed by atoms with Gasteiger partial charge in [0, 0.05) is 22.9 Å². The molecule has 0 saturated carbocycles. The van der Waals surface area contributed by atoms with Crippen LogP contribution in [0.3, 0.4) is 0 Å². The van der Waals surface area contributed by atoms with E-state index in [0.717, 1.165) is 6.07 Å². The average Bonchev–Trinajstić information content (AvgIpc) is 2.95. The molecule has 0 amide bonds. The van der Waals surface area contributed by atoms with E-state index in [-0.39, 0.29) is 17.1 Å². The summed E-state index contributed by atoms with van der Waals surface area (Å²) in [5.41, 5.74) is 0.993. The smallest absolute Gasteiger partial charge is 0.276 e. The van der Waals surface area contributed by atoms with E-state index in [1.165, 1.54) is 23.9 Å². The van der Waals surface area contributed by atoms with Crippen molar-refractivity contribution in [3.05, 3.63) is 66.2 Å². The highest BCUT2D eigenvalue weighted by Gasteiger charge is 2.17. The lowest BCUT2D eigenvalue weighted by molar-refractivity contribution is -0.394. The standard InChI is InChI=1S/C14H8Cl2N4O4S/c15-8-3-11(16)13-12(4-8)17-14(18-13)25-6-7-1-9(19(21)22)5-10(2-7)20(23)24/h1-5H,6H2,(H,17,18). The minimum atomic E-state index is -0.663.